The van der Waals surface area contributed by atoms with Crippen LogP contribution in [0.2, 0.25) is 0 Å². The Balaban J connectivity index is 2.49. The molecule has 1 fully saturated rings. The number of hydrogen-bond donors (Lipinski definition) is 1. The van der Waals surface area contributed by atoms with Gasteiger partial charge in [0, 0.05) is 5.92 Å². The molecule has 0 aromatic heterocycles. The Bertz CT molecular complexity index is 359. The molecule has 1 unspecified atom stereocenters. The van der Waals surface area contributed by atoms with E-state index in [1.165, 1.54) is 0 Å². The summed E-state index contributed by atoms with van der Waals surface area (Å²) < 4.78 is 29.7. The molecule has 0 bridgehead atoms. The summed E-state index contributed by atoms with van der Waals surface area (Å²) >= 11 is 0. The number of carbonyl (C=O) groups excluding carboxylic acids is 1. The van der Waals surface area contributed by atoms with Crippen molar-refractivity contribution in [2.24, 2.45) is 5.92 Å². The Morgan fingerprint density at radius 2 is 2.06 bits per heavy atom. The Morgan fingerprint density at radius 3 is 2.50 bits per heavy atom. The van der Waals surface area contributed by atoms with Crippen LogP contribution >= 0.6 is 0 Å². The summed E-state index contributed by atoms with van der Waals surface area (Å²) in [6.07, 6.45) is 2.94. The highest BCUT2D eigenvalue weighted by Gasteiger charge is 2.43. The SMILES string of the molecule is CCCC(C)C(=O)NS(=O)(=O)OC1(C)CC1. The second kappa shape index (κ2) is 4.71. The molecule has 1 amide bonds. The number of rotatable bonds is 6. The van der Waals surface area contributed by atoms with Gasteiger partial charge in [0.25, 0.3) is 0 Å². The molecule has 5 nitrogen and oxygen atoms in total. The molecule has 0 radical (unpaired) electrons. The van der Waals surface area contributed by atoms with Crippen molar-refractivity contribution in [1.82, 2.24) is 4.72 Å². The van der Waals surface area contributed by atoms with E-state index in [0.29, 0.717) is 19.3 Å². The smallest absolute Gasteiger partial charge is 0.274 e. The van der Waals surface area contributed by atoms with Crippen molar-refractivity contribution < 1.29 is 17.4 Å². The van der Waals surface area contributed by atoms with Gasteiger partial charge in [-0.05, 0) is 26.2 Å². The third-order valence-corrected chi connectivity index (χ3v) is 3.73. The van der Waals surface area contributed by atoms with Gasteiger partial charge in [0.2, 0.25) is 5.91 Å². The van der Waals surface area contributed by atoms with E-state index < -0.39 is 21.8 Å². The average molecular weight is 249 g/mol. The van der Waals surface area contributed by atoms with Gasteiger partial charge >= 0.3 is 10.3 Å². The predicted octanol–water partition coefficient (Wildman–Crippen LogP) is 1.35. The van der Waals surface area contributed by atoms with E-state index in [2.05, 4.69) is 0 Å². The van der Waals surface area contributed by atoms with Crippen LogP contribution in [-0.2, 0) is 19.3 Å². The summed E-state index contributed by atoms with van der Waals surface area (Å²) in [7, 11) is -3.94. The van der Waals surface area contributed by atoms with Crippen LogP contribution in [-0.4, -0.2) is 19.9 Å². The standard InChI is InChI=1S/C10H19NO4S/c1-4-5-8(2)9(12)11-16(13,14)15-10(3)6-7-10/h8H,4-7H2,1-3H3,(H,11,12). The van der Waals surface area contributed by atoms with Gasteiger partial charge in [-0.25, -0.2) is 8.91 Å². The molecule has 1 rings (SSSR count). The number of amides is 1. The Kier molecular flexibility index (Phi) is 3.96. The quantitative estimate of drug-likeness (QED) is 0.771. The summed E-state index contributed by atoms with van der Waals surface area (Å²) in [6, 6.07) is 0. The molecule has 0 aromatic carbocycles. The number of carbonyl (C=O) groups is 1. The van der Waals surface area contributed by atoms with E-state index in [4.69, 9.17) is 4.18 Å². The molecule has 1 aliphatic carbocycles. The van der Waals surface area contributed by atoms with E-state index in [9.17, 15) is 13.2 Å². The van der Waals surface area contributed by atoms with Gasteiger partial charge in [-0.2, -0.15) is 8.42 Å². The van der Waals surface area contributed by atoms with Crippen molar-refractivity contribution in [3.05, 3.63) is 0 Å². The maximum absolute atomic E-state index is 11.5. The second-order valence-corrected chi connectivity index (χ2v) is 5.92. The summed E-state index contributed by atoms with van der Waals surface area (Å²) in [5, 5.41) is 0. The summed E-state index contributed by atoms with van der Waals surface area (Å²) in [5.74, 6) is -0.804. The molecule has 0 saturated heterocycles. The molecule has 1 N–H and O–H groups in total. The van der Waals surface area contributed by atoms with Gasteiger partial charge in [-0.1, -0.05) is 20.3 Å². The number of hydrogen-bond acceptors (Lipinski definition) is 4. The monoisotopic (exact) mass is 249 g/mol. The van der Waals surface area contributed by atoms with E-state index in [1.54, 1.807) is 13.8 Å². The van der Waals surface area contributed by atoms with Gasteiger partial charge in [-0.15, -0.1) is 0 Å². The second-order valence-electron chi connectivity index (χ2n) is 4.64. The molecule has 1 aliphatic rings. The first kappa shape index (κ1) is 13.4. The van der Waals surface area contributed by atoms with Crippen molar-refractivity contribution in [3.63, 3.8) is 0 Å². The van der Waals surface area contributed by atoms with Crippen LogP contribution in [0.15, 0.2) is 0 Å². The lowest BCUT2D eigenvalue weighted by Crippen LogP contribution is -2.37. The third-order valence-electron chi connectivity index (χ3n) is 2.66. The zero-order valence-corrected chi connectivity index (χ0v) is 10.8. The Labute approximate surface area is 96.8 Å². The molecule has 0 aliphatic heterocycles. The lowest BCUT2D eigenvalue weighted by Gasteiger charge is -2.14. The van der Waals surface area contributed by atoms with Crippen LogP contribution in [0.4, 0.5) is 0 Å². The molecule has 6 heteroatoms. The van der Waals surface area contributed by atoms with Gasteiger partial charge in [0.1, 0.15) is 0 Å². The van der Waals surface area contributed by atoms with Gasteiger partial charge in [0.15, 0.2) is 0 Å². The topological polar surface area (TPSA) is 72.5 Å². The van der Waals surface area contributed by atoms with Crippen molar-refractivity contribution in [2.45, 2.75) is 52.1 Å². The van der Waals surface area contributed by atoms with Crippen LogP contribution < -0.4 is 4.72 Å². The maximum atomic E-state index is 11.5. The lowest BCUT2D eigenvalue weighted by atomic mass is 10.1. The minimum Gasteiger partial charge on any atom is -0.274 e. The fraction of sp³-hybridized carbons (Fsp3) is 0.900. The Hall–Kier alpha value is -0.620. The summed E-state index contributed by atoms with van der Waals surface area (Å²) in [5.41, 5.74) is -0.597. The van der Waals surface area contributed by atoms with Crippen molar-refractivity contribution in [1.29, 1.82) is 0 Å². The molecule has 1 atom stereocenters. The van der Waals surface area contributed by atoms with Crippen LogP contribution in [0.5, 0.6) is 0 Å². The largest absolute Gasteiger partial charge is 0.362 e. The number of nitrogens with one attached hydrogen (secondary N) is 1. The Morgan fingerprint density at radius 1 is 1.50 bits per heavy atom. The van der Waals surface area contributed by atoms with Gasteiger partial charge in [-0.3, -0.25) is 4.79 Å². The van der Waals surface area contributed by atoms with Gasteiger partial charge < -0.3 is 0 Å². The zero-order valence-electron chi connectivity index (χ0n) is 9.95. The fourth-order valence-corrected chi connectivity index (χ4v) is 2.52. The molecule has 0 aromatic rings. The normalized spacial score (nSPS) is 20.2. The zero-order chi connectivity index (χ0) is 12.4. The average Bonchev–Trinajstić information content (AvgIpc) is 2.81. The van der Waals surface area contributed by atoms with E-state index in [1.807, 2.05) is 11.6 Å². The highest BCUT2D eigenvalue weighted by Crippen LogP contribution is 2.39. The van der Waals surface area contributed by atoms with E-state index in [0.717, 1.165) is 6.42 Å². The molecule has 0 spiro atoms. The molecule has 1 saturated carbocycles. The minimum atomic E-state index is -3.94. The molecule has 16 heavy (non-hydrogen) atoms. The van der Waals surface area contributed by atoms with Crippen molar-refractivity contribution in [2.75, 3.05) is 0 Å². The predicted molar refractivity (Wildman–Crippen MR) is 59.9 cm³/mol. The fourth-order valence-electron chi connectivity index (χ4n) is 1.33. The van der Waals surface area contributed by atoms with Crippen LogP contribution in [0.3, 0.4) is 0 Å². The molecule has 94 valence electrons. The first-order valence-corrected chi connectivity index (χ1v) is 6.96. The highest BCUT2D eigenvalue weighted by atomic mass is 32.2. The third kappa shape index (κ3) is 4.09. The van der Waals surface area contributed by atoms with E-state index >= 15 is 0 Å². The van der Waals surface area contributed by atoms with Crippen molar-refractivity contribution in [3.8, 4) is 0 Å². The first-order chi connectivity index (χ1) is 7.28. The summed E-state index contributed by atoms with van der Waals surface area (Å²) in [6.45, 7) is 5.36. The van der Waals surface area contributed by atoms with E-state index in [-0.39, 0.29) is 5.92 Å². The molecule has 0 heterocycles. The van der Waals surface area contributed by atoms with Crippen molar-refractivity contribution >= 4 is 16.2 Å². The van der Waals surface area contributed by atoms with Crippen LogP contribution in [0.1, 0.15) is 46.5 Å². The first-order valence-electron chi connectivity index (χ1n) is 5.55. The lowest BCUT2D eigenvalue weighted by molar-refractivity contribution is -0.123. The maximum Gasteiger partial charge on any atom is 0.362 e. The highest BCUT2D eigenvalue weighted by molar-refractivity contribution is 7.85. The van der Waals surface area contributed by atoms with Crippen LogP contribution in [0, 0.1) is 5.92 Å². The molecular formula is C10H19NO4S. The van der Waals surface area contributed by atoms with Crippen LogP contribution in [0.25, 0.3) is 0 Å². The summed E-state index contributed by atoms with van der Waals surface area (Å²) in [4.78, 5) is 11.5. The molecular weight excluding hydrogens is 230 g/mol. The minimum absolute atomic E-state index is 0.310. The van der Waals surface area contributed by atoms with Gasteiger partial charge in [0.05, 0.1) is 5.60 Å².